The van der Waals surface area contributed by atoms with E-state index in [1.807, 2.05) is 0 Å². The SMILES string of the molecule is C=C(NN=C(N)N)c1ccc(S(=O)(=O)NCc2ccco2)cc1. The number of furan rings is 1. The fraction of sp³-hybridized carbons (Fsp3) is 0.0714. The number of benzene rings is 1. The summed E-state index contributed by atoms with van der Waals surface area (Å²) >= 11 is 0. The van der Waals surface area contributed by atoms with E-state index in [2.05, 4.69) is 21.8 Å². The molecule has 23 heavy (non-hydrogen) atoms. The van der Waals surface area contributed by atoms with Crippen molar-refractivity contribution in [3.63, 3.8) is 0 Å². The average molecular weight is 335 g/mol. The van der Waals surface area contributed by atoms with Crippen molar-refractivity contribution in [1.82, 2.24) is 10.1 Å². The van der Waals surface area contributed by atoms with Crippen molar-refractivity contribution >= 4 is 21.7 Å². The van der Waals surface area contributed by atoms with Crippen molar-refractivity contribution in [3.05, 3.63) is 60.6 Å². The third-order valence-corrected chi connectivity index (χ3v) is 4.27. The highest BCUT2D eigenvalue weighted by molar-refractivity contribution is 7.89. The van der Waals surface area contributed by atoms with Crippen LogP contribution in [0.3, 0.4) is 0 Å². The smallest absolute Gasteiger partial charge is 0.240 e. The van der Waals surface area contributed by atoms with Gasteiger partial charge in [-0.15, -0.1) is 5.10 Å². The highest BCUT2D eigenvalue weighted by atomic mass is 32.2. The Hall–Kier alpha value is -2.78. The number of nitrogens with zero attached hydrogens (tertiary/aromatic N) is 1. The lowest BCUT2D eigenvalue weighted by molar-refractivity contribution is 0.498. The Balaban J connectivity index is 2.05. The normalized spacial score (nSPS) is 11.0. The lowest BCUT2D eigenvalue weighted by Gasteiger charge is -2.08. The van der Waals surface area contributed by atoms with E-state index < -0.39 is 10.0 Å². The second-order valence-corrected chi connectivity index (χ2v) is 6.32. The fourth-order valence-electron chi connectivity index (χ4n) is 1.69. The molecule has 9 heteroatoms. The van der Waals surface area contributed by atoms with Gasteiger partial charge < -0.3 is 15.9 Å². The summed E-state index contributed by atoms with van der Waals surface area (Å²) in [4.78, 5) is 0.127. The third-order valence-electron chi connectivity index (χ3n) is 2.85. The largest absolute Gasteiger partial charge is 0.468 e. The molecule has 0 aliphatic rings. The number of nitrogens with one attached hydrogen (secondary N) is 2. The van der Waals surface area contributed by atoms with Gasteiger partial charge in [0.15, 0.2) is 0 Å². The summed E-state index contributed by atoms with van der Waals surface area (Å²) in [6.45, 7) is 3.83. The molecule has 2 aromatic rings. The highest BCUT2D eigenvalue weighted by Gasteiger charge is 2.14. The van der Waals surface area contributed by atoms with Gasteiger partial charge in [-0.3, -0.25) is 5.43 Å². The van der Waals surface area contributed by atoms with E-state index in [0.29, 0.717) is 17.0 Å². The van der Waals surface area contributed by atoms with Crippen molar-refractivity contribution in [2.24, 2.45) is 16.6 Å². The van der Waals surface area contributed by atoms with Crippen LogP contribution in [0.25, 0.3) is 5.70 Å². The molecule has 0 aliphatic heterocycles. The molecule has 1 heterocycles. The van der Waals surface area contributed by atoms with Crippen LogP contribution in [0.4, 0.5) is 0 Å². The van der Waals surface area contributed by atoms with Crippen LogP contribution in [-0.4, -0.2) is 14.4 Å². The molecule has 0 radical (unpaired) electrons. The summed E-state index contributed by atoms with van der Waals surface area (Å²) < 4.78 is 31.9. The Morgan fingerprint density at radius 3 is 2.48 bits per heavy atom. The van der Waals surface area contributed by atoms with Crippen LogP contribution in [0.2, 0.25) is 0 Å². The Morgan fingerprint density at radius 1 is 1.22 bits per heavy atom. The molecule has 0 bridgehead atoms. The van der Waals surface area contributed by atoms with Gasteiger partial charge in [0.05, 0.1) is 23.4 Å². The Kier molecular flexibility index (Phi) is 5.04. The predicted octanol–water partition coefficient (Wildman–Crippen LogP) is 0.507. The maximum atomic E-state index is 12.2. The molecule has 1 aromatic heterocycles. The summed E-state index contributed by atoms with van der Waals surface area (Å²) in [6.07, 6.45) is 1.48. The molecular weight excluding hydrogens is 318 g/mol. The minimum atomic E-state index is -3.63. The fourth-order valence-corrected chi connectivity index (χ4v) is 2.69. The molecule has 2 rings (SSSR count). The van der Waals surface area contributed by atoms with E-state index >= 15 is 0 Å². The van der Waals surface area contributed by atoms with Gasteiger partial charge in [-0.1, -0.05) is 18.7 Å². The van der Waals surface area contributed by atoms with Crippen molar-refractivity contribution in [1.29, 1.82) is 0 Å². The van der Waals surface area contributed by atoms with Crippen molar-refractivity contribution in [3.8, 4) is 0 Å². The van der Waals surface area contributed by atoms with Gasteiger partial charge in [-0.2, -0.15) is 0 Å². The molecule has 1 aromatic carbocycles. The maximum Gasteiger partial charge on any atom is 0.240 e. The Bertz CT molecular complexity index is 791. The molecule has 0 fully saturated rings. The van der Waals surface area contributed by atoms with Gasteiger partial charge in [0.1, 0.15) is 5.76 Å². The Morgan fingerprint density at radius 2 is 1.91 bits per heavy atom. The molecule has 0 saturated carbocycles. The molecule has 0 amide bonds. The number of guanidine groups is 1. The van der Waals surface area contributed by atoms with E-state index in [0.717, 1.165) is 0 Å². The second-order valence-electron chi connectivity index (χ2n) is 4.56. The molecule has 122 valence electrons. The summed E-state index contributed by atoms with van der Waals surface area (Å²) in [5.41, 5.74) is 14.1. The number of hydrogen-bond acceptors (Lipinski definition) is 5. The summed E-state index contributed by atoms with van der Waals surface area (Å²) in [5, 5.41) is 3.61. The van der Waals surface area contributed by atoms with Crippen LogP contribution < -0.4 is 21.6 Å². The minimum Gasteiger partial charge on any atom is -0.468 e. The molecule has 0 spiro atoms. The van der Waals surface area contributed by atoms with Crippen LogP contribution in [-0.2, 0) is 16.6 Å². The first kappa shape index (κ1) is 16.6. The first-order valence-electron chi connectivity index (χ1n) is 6.54. The van der Waals surface area contributed by atoms with Crippen molar-refractivity contribution in [2.75, 3.05) is 0 Å². The summed E-state index contributed by atoms with van der Waals surface area (Å²) in [6, 6.07) is 9.49. The zero-order valence-corrected chi connectivity index (χ0v) is 13.0. The van der Waals surface area contributed by atoms with Crippen molar-refractivity contribution < 1.29 is 12.8 Å². The molecule has 0 atom stereocenters. The number of hydrogen-bond donors (Lipinski definition) is 4. The first-order chi connectivity index (χ1) is 10.9. The maximum absolute atomic E-state index is 12.2. The number of rotatable bonds is 7. The van der Waals surface area contributed by atoms with Gasteiger partial charge in [-0.05, 0) is 29.8 Å². The average Bonchev–Trinajstić information content (AvgIpc) is 3.04. The lowest BCUT2D eigenvalue weighted by atomic mass is 10.2. The van der Waals surface area contributed by atoms with Gasteiger partial charge in [0.2, 0.25) is 16.0 Å². The van der Waals surface area contributed by atoms with E-state index in [4.69, 9.17) is 15.9 Å². The molecule has 0 unspecified atom stereocenters. The molecule has 0 aliphatic carbocycles. The zero-order valence-electron chi connectivity index (χ0n) is 12.2. The monoisotopic (exact) mass is 335 g/mol. The van der Waals surface area contributed by atoms with Crippen LogP contribution in [0.1, 0.15) is 11.3 Å². The number of hydrazone groups is 1. The van der Waals surface area contributed by atoms with Crippen LogP contribution in [0.15, 0.2) is 63.7 Å². The standard InChI is InChI=1S/C14H17N5O3S/c1-10(18-19-14(15)16)11-4-6-13(7-5-11)23(20,21)17-9-12-3-2-8-22-12/h2-8,17-18H,1,9H2,(H4,15,16,19). The molecule has 6 N–H and O–H groups in total. The first-order valence-corrected chi connectivity index (χ1v) is 8.03. The zero-order chi connectivity index (χ0) is 16.9. The van der Waals surface area contributed by atoms with Gasteiger partial charge >= 0.3 is 0 Å². The number of nitrogens with two attached hydrogens (primary N) is 2. The van der Waals surface area contributed by atoms with Crippen LogP contribution >= 0.6 is 0 Å². The molecular formula is C14H17N5O3S. The van der Waals surface area contributed by atoms with E-state index in [1.54, 1.807) is 24.3 Å². The topological polar surface area (TPSA) is 136 Å². The third kappa shape index (κ3) is 4.59. The minimum absolute atomic E-state index is 0.0792. The Labute approximate surface area is 133 Å². The van der Waals surface area contributed by atoms with E-state index in [1.165, 1.54) is 18.4 Å². The number of sulfonamides is 1. The molecule has 0 saturated heterocycles. The van der Waals surface area contributed by atoms with Gasteiger partial charge in [0, 0.05) is 0 Å². The lowest BCUT2D eigenvalue weighted by Crippen LogP contribution is -2.25. The summed E-state index contributed by atoms with van der Waals surface area (Å²) in [7, 11) is -3.63. The van der Waals surface area contributed by atoms with Crippen molar-refractivity contribution in [2.45, 2.75) is 11.4 Å². The quantitative estimate of drug-likeness (QED) is 0.331. The second kappa shape index (κ2) is 6.99. The van der Waals surface area contributed by atoms with E-state index in [-0.39, 0.29) is 17.4 Å². The van der Waals surface area contributed by atoms with E-state index in [9.17, 15) is 8.42 Å². The van der Waals surface area contributed by atoms with Crippen LogP contribution in [0, 0.1) is 0 Å². The van der Waals surface area contributed by atoms with Gasteiger partial charge in [0.25, 0.3) is 0 Å². The van der Waals surface area contributed by atoms with Crippen LogP contribution in [0.5, 0.6) is 0 Å². The van der Waals surface area contributed by atoms with Gasteiger partial charge in [-0.25, -0.2) is 13.1 Å². The molecule has 8 nitrogen and oxygen atoms in total. The summed E-state index contributed by atoms with van der Waals surface area (Å²) in [5.74, 6) is 0.396. The highest BCUT2D eigenvalue weighted by Crippen LogP contribution is 2.15. The predicted molar refractivity (Wildman–Crippen MR) is 87.2 cm³/mol.